The first-order valence-electron chi connectivity index (χ1n) is 7.65. The Morgan fingerprint density at radius 2 is 1.88 bits per heavy atom. The maximum Gasteiger partial charge on any atom is 0.271 e. The fourth-order valence-electron chi connectivity index (χ4n) is 2.28. The van der Waals surface area contributed by atoms with Gasteiger partial charge in [-0.2, -0.15) is 0 Å². The van der Waals surface area contributed by atoms with Gasteiger partial charge in [0, 0.05) is 37.5 Å². The molecule has 8 heteroatoms. The van der Waals surface area contributed by atoms with Crippen LogP contribution in [0.4, 0.5) is 17.1 Å². The Morgan fingerprint density at radius 3 is 2.50 bits per heavy atom. The molecule has 8 nitrogen and oxygen atoms in total. The number of non-ortho nitro benzene ring substituents is 1. The second-order valence-electron chi connectivity index (χ2n) is 5.15. The molecule has 0 spiro atoms. The van der Waals surface area contributed by atoms with Crippen LogP contribution in [0.3, 0.4) is 0 Å². The van der Waals surface area contributed by atoms with E-state index in [4.69, 9.17) is 9.47 Å². The molecular formula is C18H19N3O5. The monoisotopic (exact) mass is 357 g/mol. The lowest BCUT2D eigenvalue weighted by Gasteiger charge is -2.09. The third kappa shape index (κ3) is 4.29. The van der Waals surface area contributed by atoms with E-state index < -0.39 is 4.92 Å². The van der Waals surface area contributed by atoms with Crippen LogP contribution in [0.2, 0.25) is 0 Å². The maximum absolute atomic E-state index is 12.4. The average Bonchev–Trinajstić information content (AvgIpc) is 2.67. The van der Waals surface area contributed by atoms with Gasteiger partial charge in [-0.25, -0.2) is 0 Å². The Balaban J connectivity index is 2.16. The number of nitrogens with one attached hydrogen (secondary N) is 2. The molecule has 0 aliphatic carbocycles. The van der Waals surface area contributed by atoms with Gasteiger partial charge in [0.25, 0.3) is 5.69 Å². The van der Waals surface area contributed by atoms with E-state index in [-0.39, 0.29) is 11.5 Å². The second kappa shape index (κ2) is 8.52. The normalized spacial score (nSPS) is 10.4. The molecule has 0 saturated heterocycles. The molecule has 2 N–H and O–H groups in total. The summed E-state index contributed by atoms with van der Waals surface area (Å²) in [7, 11) is 4.66. The molecule has 0 aliphatic rings. The van der Waals surface area contributed by atoms with Crippen molar-refractivity contribution in [2.24, 2.45) is 0 Å². The van der Waals surface area contributed by atoms with Crippen molar-refractivity contribution in [3.63, 3.8) is 0 Å². The van der Waals surface area contributed by atoms with Crippen molar-refractivity contribution in [1.82, 2.24) is 0 Å². The summed E-state index contributed by atoms with van der Waals surface area (Å²) < 4.78 is 10.3. The van der Waals surface area contributed by atoms with E-state index in [1.807, 2.05) is 0 Å². The molecule has 0 unspecified atom stereocenters. The average molecular weight is 357 g/mol. The molecule has 2 rings (SSSR count). The number of hydrogen-bond acceptors (Lipinski definition) is 7. The number of nitrogens with zero attached hydrogens (tertiary/aromatic N) is 1. The molecule has 2 aromatic carbocycles. The largest absolute Gasteiger partial charge is 0.497 e. The van der Waals surface area contributed by atoms with Gasteiger partial charge < -0.3 is 20.1 Å². The molecule has 26 heavy (non-hydrogen) atoms. The summed E-state index contributed by atoms with van der Waals surface area (Å²) >= 11 is 0. The number of ketones is 1. The number of nitro benzene ring substituents is 1. The zero-order valence-corrected chi connectivity index (χ0v) is 14.6. The van der Waals surface area contributed by atoms with Crippen molar-refractivity contribution in [2.75, 3.05) is 31.9 Å². The third-order valence-electron chi connectivity index (χ3n) is 3.63. The quantitative estimate of drug-likeness (QED) is 0.323. The lowest BCUT2D eigenvalue weighted by atomic mass is 10.1. The molecule has 0 bridgehead atoms. The van der Waals surface area contributed by atoms with Crippen LogP contribution in [0.15, 0.2) is 48.7 Å². The molecule has 0 aromatic heterocycles. The van der Waals surface area contributed by atoms with E-state index in [0.29, 0.717) is 28.4 Å². The molecular weight excluding hydrogens is 338 g/mol. The number of nitro groups is 1. The molecule has 0 saturated carbocycles. The summed E-state index contributed by atoms with van der Waals surface area (Å²) in [6.45, 7) is 0. The first-order chi connectivity index (χ1) is 12.5. The van der Waals surface area contributed by atoms with Crippen molar-refractivity contribution in [2.45, 2.75) is 0 Å². The highest BCUT2D eigenvalue weighted by Crippen LogP contribution is 2.27. The van der Waals surface area contributed by atoms with Crippen molar-refractivity contribution in [3.05, 3.63) is 64.4 Å². The fourth-order valence-corrected chi connectivity index (χ4v) is 2.28. The number of carbonyl (C=O) groups is 1. The molecule has 136 valence electrons. The molecule has 0 radical (unpaired) electrons. The van der Waals surface area contributed by atoms with E-state index >= 15 is 0 Å². The fraction of sp³-hybridized carbons (Fsp3) is 0.167. The SMILES string of the molecule is CNc1cc([N+](=O)[O-])ccc1N/C=C\C(=O)c1ccc(OC)cc1OC. The topological polar surface area (TPSA) is 103 Å². The molecule has 0 aliphatic heterocycles. The van der Waals surface area contributed by atoms with Crippen LogP contribution >= 0.6 is 0 Å². The number of ether oxygens (including phenoxy) is 2. The van der Waals surface area contributed by atoms with Gasteiger partial charge in [-0.1, -0.05) is 0 Å². The van der Waals surface area contributed by atoms with E-state index in [0.717, 1.165) is 0 Å². The van der Waals surface area contributed by atoms with Crippen LogP contribution in [-0.4, -0.2) is 32.0 Å². The number of methoxy groups -OCH3 is 2. The minimum Gasteiger partial charge on any atom is -0.497 e. The smallest absolute Gasteiger partial charge is 0.271 e. The summed E-state index contributed by atoms with van der Waals surface area (Å²) in [5, 5.41) is 16.6. The first kappa shape index (κ1) is 18.8. The van der Waals surface area contributed by atoms with E-state index in [1.165, 1.54) is 38.6 Å². The lowest BCUT2D eigenvalue weighted by molar-refractivity contribution is -0.384. The van der Waals surface area contributed by atoms with Crippen molar-refractivity contribution < 1.29 is 19.2 Å². The Labute approximate surface area is 150 Å². The summed E-state index contributed by atoms with van der Waals surface area (Å²) in [5.41, 5.74) is 1.51. The number of allylic oxidation sites excluding steroid dienone is 1. The highest BCUT2D eigenvalue weighted by molar-refractivity contribution is 6.06. The Kier molecular flexibility index (Phi) is 6.15. The Morgan fingerprint density at radius 1 is 1.12 bits per heavy atom. The van der Waals surface area contributed by atoms with Gasteiger partial charge in [0.05, 0.1) is 36.1 Å². The molecule has 0 atom stereocenters. The number of carbonyl (C=O) groups excluding carboxylic acids is 1. The number of hydrogen-bond donors (Lipinski definition) is 2. The van der Waals surface area contributed by atoms with Crippen LogP contribution in [0.1, 0.15) is 10.4 Å². The molecule has 2 aromatic rings. The summed E-state index contributed by atoms with van der Waals surface area (Å²) in [6.07, 6.45) is 2.82. The van der Waals surface area contributed by atoms with Crippen molar-refractivity contribution in [1.29, 1.82) is 0 Å². The predicted molar refractivity (Wildman–Crippen MR) is 99.3 cm³/mol. The van der Waals surface area contributed by atoms with E-state index in [9.17, 15) is 14.9 Å². The minimum atomic E-state index is -0.472. The van der Waals surface area contributed by atoms with Crippen molar-refractivity contribution >= 4 is 22.8 Å². The summed E-state index contributed by atoms with van der Waals surface area (Å²) in [6, 6.07) is 9.27. The molecule has 0 fully saturated rings. The van der Waals surface area contributed by atoms with Crippen LogP contribution in [0.5, 0.6) is 11.5 Å². The third-order valence-corrected chi connectivity index (χ3v) is 3.63. The maximum atomic E-state index is 12.4. The molecule has 0 amide bonds. The van der Waals surface area contributed by atoms with Crippen LogP contribution in [0, 0.1) is 10.1 Å². The Hall–Kier alpha value is -3.55. The second-order valence-corrected chi connectivity index (χ2v) is 5.15. The van der Waals surface area contributed by atoms with E-state index in [2.05, 4.69) is 10.6 Å². The number of anilines is 2. The van der Waals surface area contributed by atoms with Crippen LogP contribution < -0.4 is 20.1 Å². The van der Waals surface area contributed by atoms with Gasteiger partial charge in [0.2, 0.25) is 0 Å². The molecule has 0 heterocycles. The highest BCUT2D eigenvalue weighted by Gasteiger charge is 2.12. The summed E-state index contributed by atoms with van der Waals surface area (Å²) in [4.78, 5) is 22.7. The minimum absolute atomic E-state index is 0.0251. The van der Waals surface area contributed by atoms with Gasteiger partial charge >= 0.3 is 0 Å². The van der Waals surface area contributed by atoms with Crippen molar-refractivity contribution in [3.8, 4) is 11.5 Å². The summed E-state index contributed by atoms with van der Waals surface area (Å²) in [5.74, 6) is 0.736. The Bertz CT molecular complexity index is 849. The zero-order chi connectivity index (χ0) is 19.1. The standard InChI is InChI=1S/C18H19N3O5/c1-19-16-10-12(21(23)24)4-7-15(16)20-9-8-17(22)14-6-5-13(25-2)11-18(14)26-3/h4-11,19-20H,1-3H3/b9-8-. The zero-order valence-electron chi connectivity index (χ0n) is 14.6. The van der Waals surface area contributed by atoms with Gasteiger partial charge in [-0.3, -0.25) is 14.9 Å². The van der Waals surface area contributed by atoms with Gasteiger partial charge in [-0.15, -0.1) is 0 Å². The highest BCUT2D eigenvalue weighted by atomic mass is 16.6. The van der Waals surface area contributed by atoms with Gasteiger partial charge in [-0.05, 0) is 18.2 Å². The van der Waals surface area contributed by atoms with E-state index in [1.54, 1.807) is 31.3 Å². The predicted octanol–water partition coefficient (Wildman–Crippen LogP) is 3.46. The first-order valence-corrected chi connectivity index (χ1v) is 7.65. The lowest BCUT2D eigenvalue weighted by Crippen LogP contribution is -2.01. The number of rotatable bonds is 8. The van der Waals surface area contributed by atoms with Crippen LogP contribution in [0.25, 0.3) is 0 Å². The van der Waals surface area contributed by atoms with Gasteiger partial charge in [0.1, 0.15) is 11.5 Å². The van der Waals surface area contributed by atoms with Crippen LogP contribution in [-0.2, 0) is 0 Å². The number of benzene rings is 2. The van der Waals surface area contributed by atoms with Gasteiger partial charge in [0.15, 0.2) is 5.78 Å².